The molecule has 164 valence electrons. The number of rotatable bonds is 3. The lowest BCUT2D eigenvalue weighted by atomic mass is 10.1. The van der Waals surface area contributed by atoms with E-state index in [-0.39, 0.29) is 39.4 Å². The summed E-state index contributed by atoms with van der Waals surface area (Å²) in [6.07, 6.45) is -1.96. The van der Waals surface area contributed by atoms with Gasteiger partial charge in [0.1, 0.15) is 22.7 Å². The molecule has 4 aromatic rings. The van der Waals surface area contributed by atoms with Gasteiger partial charge in [0.2, 0.25) is 0 Å². The first kappa shape index (κ1) is 21.3. The van der Waals surface area contributed by atoms with Gasteiger partial charge in [-0.05, 0) is 49.2 Å². The van der Waals surface area contributed by atoms with Crippen molar-refractivity contribution < 1.29 is 22.4 Å². The molecule has 1 aromatic carbocycles. The molecule has 4 rings (SSSR count). The predicted octanol–water partition coefficient (Wildman–Crippen LogP) is 4.45. The molecular formula is C21H16F4N6O. The molecule has 7 nitrogen and oxygen atoms in total. The van der Waals surface area contributed by atoms with Crippen LogP contribution in [-0.2, 0) is 13.2 Å². The number of benzene rings is 1. The van der Waals surface area contributed by atoms with Gasteiger partial charge >= 0.3 is 6.18 Å². The third kappa shape index (κ3) is 3.77. The Hall–Kier alpha value is -3.89. The highest BCUT2D eigenvalue weighted by Crippen LogP contribution is 2.32. The molecule has 1 N–H and O–H groups in total. The van der Waals surface area contributed by atoms with Crippen molar-refractivity contribution in [3.63, 3.8) is 0 Å². The van der Waals surface area contributed by atoms with Crippen molar-refractivity contribution in [3.8, 4) is 11.4 Å². The number of pyridine rings is 1. The Labute approximate surface area is 179 Å². The minimum Gasteiger partial charge on any atom is -0.318 e. The van der Waals surface area contributed by atoms with E-state index in [9.17, 15) is 22.4 Å². The van der Waals surface area contributed by atoms with Crippen LogP contribution in [0.1, 0.15) is 27.3 Å². The second-order valence-electron chi connectivity index (χ2n) is 7.14. The summed E-state index contributed by atoms with van der Waals surface area (Å²) in [5.74, 6) is -1.08. The van der Waals surface area contributed by atoms with Crippen molar-refractivity contribution >= 4 is 22.6 Å². The quantitative estimate of drug-likeness (QED) is 0.472. The zero-order chi connectivity index (χ0) is 23.2. The molecular weight excluding hydrogens is 428 g/mol. The summed E-state index contributed by atoms with van der Waals surface area (Å²) < 4.78 is 55.4. The van der Waals surface area contributed by atoms with Gasteiger partial charge in [0.25, 0.3) is 5.91 Å². The number of hydrogen-bond acceptors (Lipinski definition) is 5. The van der Waals surface area contributed by atoms with Crippen LogP contribution in [0.3, 0.4) is 0 Å². The molecule has 1 amide bonds. The van der Waals surface area contributed by atoms with Crippen LogP contribution in [0.4, 0.5) is 23.2 Å². The standard InChI is InChI=1S/C21H16F4N6O/c1-10-8-16(21(23,24)25)28-14-9-26-19(30-18(10)14)12-4-5-13(17(22)11(12)2)29-20(32)15-6-7-27-31(15)3/h4-9H,1-3H3,(H,29,32). The number of carbonyl (C=O) groups excluding carboxylic acids is 1. The molecule has 3 heterocycles. The normalized spacial score (nSPS) is 11.7. The lowest BCUT2D eigenvalue weighted by Crippen LogP contribution is -2.17. The third-order valence-electron chi connectivity index (χ3n) is 4.96. The van der Waals surface area contributed by atoms with E-state index in [1.54, 1.807) is 7.05 Å². The van der Waals surface area contributed by atoms with Gasteiger partial charge in [0.05, 0.1) is 17.4 Å². The van der Waals surface area contributed by atoms with E-state index < -0.39 is 23.6 Å². The summed E-state index contributed by atoms with van der Waals surface area (Å²) >= 11 is 0. The number of nitrogens with zero attached hydrogens (tertiary/aromatic N) is 5. The monoisotopic (exact) mass is 444 g/mol. The number of amides is 1. The van der Waals surface area contributed by atoms with Gasteiger partial charge in [-0.3, -0.25) is 9.48 Å². The highest BCUT2D eigenvalue weighted by molar-refractivity contribution is 6.03. The van der Waals surface area contributed by atoms with Crippen molar-refractivity contribution in [2.24, 2.45) is 7.05 Å². The Balaban J connectivity index is 1.71. The maximum absolute atomic E-state index is 15.0. The van der Waals surface area contributed by atoms with Crippen LogP contribution in [0.5, 0.6) is 0 Å². The van der Waals surface area contributed by atoms with Crippen LogP contribution < -0.4 is 5.32 Å². The molecule has 0 saturated carbocycles. The van der Waals surface area contributed by atoms with Crippen molar-refractivity contribution in [2.45, 2.75) is 20.0 Å². The van der Waals surface area contributed by atoms with E-state index in [0.717, 1.165) is 6.07 Å². The molecule has 0 aliphatic carbocycles. The van der Waals surface area contributed by atoms with Crippen LogP contribution in [0.25, 0.3) is 22.4 Å². The van der Waals surface area contributed by atoms with E-state index in [2.05, 4.69) is 25.4 Å². The number of aryl methyl sites for hydroxylation is 2. The first-order valence-electron chi connectivity index (χ1n) is 9.36. The number of carbonyl (C=O) groups is 1. The number of halogens is 4. The summed E-state index contributed by atoms with van der Waals surface area (Å²) in [4.78, 5) is 24.3. The fourth-order valence-electron chi connectivity index (χ4n) is 3.26. The van der Waals surface area contributed by atoms with Crippen molar-refractivity contribution in [3.05, 3.63) is 65.0 Å². The molecule has 0 aliphatic heterocycles. The Morgan fingerprint density at radius 2 is 1.88 bits per heavy atom. The Kier molecular flexibility index (Phi) is 5.11. The molecule has 0 aliphatic rings. The molecule has 0 atom stereocenters. The average Bonchev–Trinajstić information content (AvgIpc) is 3.17. The minimum absolute atomic E-state index is 0.0146. The van der Waals surface area contributed by atoms with E-state index in [1.165, 1.54) is 49.1 Å². The number of aromatic nitrogens is 5. The highest BCUT2D eigenvalue weighted by atomic mass is 19.4. The predicted molar refractivity (Wildman–Crippen MR) is 108 cm³/mol. The Bertz CT molecular complexity index is 1360. The van der Waals surface area contributed by atoms with Crippen LogP contribution in [0.15, 0.2) is 36.7 Å². The van der Waals surface area contributed by atoms with Gasteiger partial charge in [0.15, 0.2) is 5.82 Å². The van der Waals surface area contributed by atoms with E-state index in [1.807, 2.05) is 0 Å². The number of alkyl halides is 3. The average molecular weight is 444 g/mol. The first-order valence-corrected chi connectivity index (χ1v) is 9.36. The smallest absolute Gasteiger partial charge is 0.318 e. The number of hydrogen-bond donors (Lipinski definition) is 1. The zero-order valence-corrected chi connectivity index (χ0v) is 17.1. The van der Waals surface area contributed by atoms with Crippen LogP contribution >= 0.6 is 0 Å². The summed E-state index contributed by atoms with van der Waals surface area (Å²) in [6.45, 7) is 2.98. The van der Waals surface area contributed by atoms with Crippen LogP contribution in [0.2, 0.25) is 0 Å². The molecule has 0 radical (unpaired) electrons. The van der Waals surface area contributed by atoms with Crippen LogP contribution in [0, 0.1) is 19.7 Å². The fourth-order valence-corrected chi connectivity index (χ4v) is 3.26. The second-order valence-corrected chi connectivity index (χ2v) is 7.14. The lowest BCUT2D eigenvalue weighted by Gasteiger charge is -2.13. The van der Waals surface area contributed by atoms with Crippen molar-refractivity contribution in [2.75, 3.05) is 5.32 Å². The number of fused-ring (bicyclic) bond motifs is 1. The van der Waals surface area contributed by atoms with Gasteiger partial charge in [0, 0.05) is 18.8 Å². The second kappa shape index (κ2) is 7.66. The maximum Gasteiger partial charge on any atom is 0.433 e. The van der Waals surface area contributed by atoms with Crippen LogP contribution in [-0.4, -0.2) is 30.6 Å². The highest BCUT2D eigenvalue weighted by Gasteiger charge is 2.33. The third-order valence-corrected chi connectivity index (χ3v) is 4.96. The lowest BCUT2D eigenvalue weighted by molar-refractivity contribution is -0.141. The topological polar surface area (TPSA) is 85.6 Å². The van der Waals surface area contributed by atoms with E-state index in [0.29, 0.717) is 5.56 Å². The summed E-state index contributed by atoms with van der Waals surface area (Å²) in [5.41, 5.74) is 0.178. The molecule has 32 heavy (non-hydrogen) atoms. The molecule has 0 unspecified atom stereocenters. The SMILES string of the molecule is Cc1c(-c2ncc3nc(C(F)(F)F)cc(C)c3n2)ccc(NC(=O)c2ccnn2C)c1F. The van der Waals surface area contributed by atoms with Gasteiger partial charge in [-0.15, -0.1) is 0 Å². The van der Waals surface area contributed by atoms with E-state index >= 15 is 0 Å². The summed E-state index contributed by atoms with van der Waals surface area (Å²) in [6, 6.07) is 5.31. The summed E-state index contributed by atoms with van der Waals surface area (Å²) in [7, 11) is 1.59. The van der Waals surface area contributed by atoms with Crippen molar-refractivity contribution in [1.82, 2.24) is 24.7 Å². The van der Waals surface area contributed by atoms with Crippen molar-refractivity contribution in [1.29, 1.82) is 0 Å². The van der Waals surface area contributed by atoms with Gasteiger partial charge < -0.3 is 5.32 Å². The summed E-state index contributed by atoms with van der Waals surface area (Å²) in [5, 5.41) is 6.40. The fraction of sp³-hybridized carbons (Fsp3) is 0.190. The molecule has 0 fully saturated rings. The largest absolute Gasteiger partial charge is 0.433 e. The molecule has 11 heteroatoms. The Morgan fingerprint density at radius 3 is 2.53 bits per heavy atom. The molecule has 3 aromatic heterocycles. The minimum atomic E-state index is -4.59. The van der Waals surface area contributed by atoms with Gasteiger partial charge in [-0.25, -0.2) is 19.3 Å². The molecule has 0 bridgehead atoms. The maximum atomic E-state index is 15.0. The van der Waals surface area contributed by atoms with Gasteiger partial charge in [-0.1, -0.05) is 0 Å². The molecule has 0 saturated heterocycles. The number of anilines is 1. The van der Waals surface area contributed by atoms with Gasteiger partial charge in [-0.2, -0.15) is 18.3 Å². The van der Waals surface area contributed by atoms with E-state index in [4.69, 9.17) is 0 Å². The number of nitrogens with one attached hydrogen (secondary N) is 1. The Morgan fingerprint density at radius 1 is 1.12 bits per heavy atom. The first-order chi connectivity index (χ1) is 15.1. The molecule has 0 spiro atoms. The zero-order valence-electron chi connectivity index (χ0n) is 17.1.